The number of rotatable bonds is 3. The van der Waals surface area contributed by atoms with Gasteiger partial charge in [-0.2, -0.15) is 5.10 Å². The van der Waals surface area contributed by atoms with Crippen LogP contribution in [-0.2, 0) is 13.5 Å². The summed E-state index contributed by atoms with van der Waals surface area (Å²) in [4.78, 5) is 0. The molecule has 3 nitrogen and oxygen atoms in total. The Hall–Kier alpha value is -2.55. The summed E-state index contributed by atoms with van der Waals surface area (Å²) < 4.78 is 2.02. The van der Waals surface area contributed by atoms with Crippen molar-refractivity contribution in [2.45, 2.75) is 25.2 Å². The normalized spacial score (nSPS) is 14.1. The number of nitrogens with zero attached hydrogens (tertiary/aromatic N) is 2. The van der Waals surface area contributed by atoms with Crippen molar-refractivity contribution in [3.8, 4) is 0 Å². The van der Waals surface area contributed by atoms with Gasteiger partial charge in [-0.3, -0.25) is 4.68 Å². The summed E-state index contributed by atoms with van der Waals surface area (Å²) >= 11 is 0. The van der Waals surface area contributed by atoms with E-state index in [1.165, 1.54) is 41.0 Å². The van der Waals surface area contributed by atoms with Crippen LogP contribution in [0.2, 0.25) is 0 Å². The second-order valence-corrected chi connectivity index (χ2v) is 6.47. The fourth-order valence-corrected chi connectivity index (χ4v) is 3.72. The molecule has 2 aromatic carbocycles. The first-order chi connectivity index (χ1) is 11.8. The van der Waals surface area contributed by atoms with Crippen molar-refractivity contribution in [2.75, 3.05) is 11.9 Å². The van der Waals surface area contributed by atoms with Gasteiger partial charge in [0.25, 0.3) is 0 Å². The number of aromatic nitrogens is 2. The van der Waals surface area contributed by atoms with Crippen LogP contribution in [0, 0.1) is 0 Å². The van der Waals surface area contributed by atoms with E-state index in [1.54, 1.807) is 0 Å². The SMILES string of the molecule is Cn1nc(C(c2ccccc2)c2ccccc2)c2c1NCCCC2. The number of fused-ring (bicyclic) bond motifs is 1. The van der Waals surface area contributed by atoms with Gasteiger partial charge in [-0.05, 0) is 30.4 Å². The van der Waals surface area contributed by atoms with Crippen LogP contribution in [0.25, 0.3) is 0 Å². The molecule has 24 heavy (non-hydrogen) atoms. The van der Waals surface area contributed by atoms with Crippen molar-refractivity contribution >= 4 is 5.82 Å². The first kappa shape index (κ1) is 15.0. The lowest BCUT2D eigenvalue weighted by Gasteiger charge is -2.18. The summed E-state index contributed by atoms with van der Waals surface area (Å²) in [5, 5.41) is 8.51. The highest BCUT2D eigenvalue weighted by Gasteiger charge is 2.26. The zero-order valence-corrected chi connectivity index (χ0v) is 14.1. The summed E-state index contributed by atoms with van der Waals surface area (Å²) in [5.74, 6) is 1.38. The molecule has 1 N–H and O–H groups in total. The average Bonchev–Trinajstić information content (AvgIpc) is 2.80. The van der Waals surface area contributed by atoms with Crippen molar-refractivity contribution < 1.29 is 0 Å². The van der Waals surface area contributed by atoms with Crippen LogP contribution in [0.5, 0.6) is 0 Å². The minimum atomic E-state index is 0.183. The van der Waals surface area contributed by atoms with E-state index in [-0.39, 0.29) is 5.92 Å². The Morgan fingerprint density at radius 2 is 1.54 bits per heavy atom. The predicted molar refractivity (Wildman–Crippen MR) is 98.5 cm³/mol. The largest absolute Gasteiger partial charge is 0.370 e. The standard InChI is InChI=1S/C21H23N3/c1-24-21-18(14-8-9-15-22-21)20(23-24)19(16-10-4-2-5-11-16)17-12-6-3-7-13-17/h2-7,10-13,19,22H,8-9,14-15H2,1H3. The molecule has 0 amide bonds. The van der Waals surface area contributed by atoms with Crippen LogP contribution < -0.4 is 5.32 Å². The van der Waals surface area contributed by atoms with Crippen molar-refractivity contribution in [1.82, 2.24) is 9.78 Å². The molecule has 4 rings (SSSR count). The highest BCUT2D eigenvalue weighted by atomic mass is 15.3. The van der Waals surface area contributed by atoms with Crippen LogP contribution in [-0.4, -0.2) is 16.3 Å². The molecule has 1 aliphatic rings. The van der Waals surface area contributed by atoms with E-state index in [9.17, 15) is 0 Å². The summed E-state index contributed by atoms with van der Waals surface area (Å²) in [7, 11) is 2.05. The molecule has 0 radical (unpaired) electrons. The van der Waals surface area contributed by atoms with E-state index in [0.29, 0.717) is 0 Å². The number of nitrogens with one attached hydrogen (secondary N) is 1. The third kappa shape index (κ3) is 2.71. The number of hydrogen-bond donors (Lipinski definition) is 1. The lowest BCUT2D eigenvalue weighted by molar-refractivity contribution is 0.720. The number of anilines is 1. The van der Waals surface area contributed by atoms with Gasteiger partial charge < -0.3 is 5.32 Å². The van der Waals surface area contributed by atoms with Crippen molar-refractivity contribution in [1.29, 1.82) is 0 Å². The minimum absolute atomic E-state index is 0.183. The van der Waals surface area contributed by atoms with Crippen LogP contribution in [0.1, 0.15) is 41.1 Å². The fraction of sp³-hybridized carbons (Fsp3) is 0.286. The van der Waals surface area contributed by atoms with Crippen molar-refractivity contribution in [2.24, 2.45) is 7.05 Å². The molecule has 0 unspecified atom stereocenters. The van der Waals surface area contributed by atoms with Crippen LogP contribution >= 0.6 is 0 Å². The van der Waals surface area contributed by atoms with Crippen molar-refractivity contribution in [3.63, 3.8) is 0 Å². The third-order valence-electron chi connectivity index (χ3n) is 4.86. The molecule has 122 valence electrons. The maximum absolute atomic E-state index is 4.94. The molecule has 1 aliphatic heterocycles. The summed E-state index contributed by atoms with van der Waals surface area (Å²) in [6.07, 6.45) is 3.53. The maximum atomic E-state index is 4.94. The lowest BCUT2D eigenvalue weighted by atomic mass is 9.86. The lowest BCUT2D eigenvalue weighted by Crippen LogP contribution is -2.07. The molecule has 3 heteroatoms. The van der Waals surface area contributed by atoms with Gasteiger partial charge in [-0.1, -0.05) is 60.7 Å². The average molecular weight is 317 g/mol. The fourth-order valence-electron chi connectivity index (χ4n) is 3.72. The maximum Gasteiger partial charge on any atom is 0.127 e. The summed E-state index contributed by atoms with van der Waals surface area (Å²) in [5.41, 5.74) is 5.18. The molecule has 0 saturated heterocycles. The van der Waals surface area contributed by atoms with Gasteiger partial charge in [-0.25, -0.2) is 0 Å². The topological polar surface area (TPSA) is 29.9 Å². The number of benzene rings is 2. The molecular weight excluding hydrogens is 294 g/mol. The van der Waals surface area contributed by atoms with Crippen LogP contribution in [0.3, 0.4) is 0 Å². The van der Waals surface area contributed by atoms with E-state index in [1.807, 2.05) is 11.7 Å². The summed E-state index contributed by atoms with van der Waals surface area (Å²) in [6, 6.07) is 21.5. The van der Waals surface area contributed by atoms with E-state index >= 15 is 0 Å². The Morgan fingerprint density at radius 1 is 0.917 bits per heavy atom. The smallest absolute Gasteiger partial charge is 0.127 e. The first-order valence-corrected chi connectivity index (χ1v) is 8.74. The molecule has 0 saturated carbocycles. The highest BCUT2D eigenvalue weighted by molar-refractivity contribution is 5.54. The number of aryl methyl sites for hydroxylation is 1. The second kappa shape index (κ2) is 6.52. The number of hydrogen-bond acceptors (Lipinski definition) is 2. The van der Waals surface area contributed by atoms with Gasteiger partial charge in [-0.15, -0.1) is 0 Å². The zero-order valence-electron chi connectivity index (χ0n) is 14.1. The Labute approximate surface area is 143 Å². The zero-order chi connectivity index (χ0) is 16.4. The Kier molecular flexibility index (Phi) is 4.08. The monoisotopic (exact) mass is 317 g/mol. The van der Waals surface area contributed by atoms with Crippen LogP contribution in [0.15, 0.2) is 60.7 Å². The molecule has 2 heterocycles. The minimum Gasteiger partial charge on any atom is -0.370 e. The molecular formula is C21H23N3. The predicted octanol–water partition coefficient (Wildman–Crippen LogP) is 4.35. The van der Waals surface area contributed by atoms with Gasteiger partial charge in [0.15, 0.2) is 0 Å². The third-order valence-corrected chi connectivity index (χ3v) is 4.86. The van der Waals surface area contributed by atoms with Gasteiger partial charge in [0.2, 0.25) is 0 Å². The van der Waals surface area contributed by atoms with E-state index in [2.05, 4.69) is 66.0 Å². The molecule has 3 aromatic rings. The Balaban J connectivity index is 1.89. The van der Waals surface area contributed by atoms with Gasteiger partial charge in [0.1, 0.15) is 5.82 Å². The van der Waals surface area contributed by atoms with E-state index < -0.39 is 0 Å². The second-order valence-electron chi connectivity index (χ2n) is 6.47. The summed E-state index contributed by atoms with van der Waals surface area (Å²) in [6.45, 7) is 1.04. The highest BCUT2D eigenvalue weighted by Crippen LogP contribution is 2.37. The first-order valence-electron chi connectivity index (χ1n) is 8.74. The van der Waals surface area contributed by atoms with Gasteiger partial charge in [0.05, 0.1) is 11.6 Å². The molecule has 0 atom stereocenters. The van der Waals surface area contributed by atoms with Crippen LogP contribution in [0.4, 0.5) is 5.82 Å². The van der Waals surface area contributed by atoms with Gasteiger partial charge in [0, 0.05) is 19.2 Å². The van der Waals surface area contributed by atoms with Gasteiger partial charge >= 0.3 is 0 Å². The molecule has 0 spiro atoms. The Bertz CT molecular complexity index is 766. The molecule has 0 fully saturated rings. The molecule has 0 aliphatic carbocycles. The van der Waals surface area contributed by atoms with E-state index in [4.69, 9.17) is 5.10 Å². The van der Waals surface area contributed by atoms with Crippen molar-refractivity contribution in [3.05, 3.63) is 83.0 Å². The quantitative estimate of drug-likeness (QED) is 0.778. The molecule has 1 aromatic heterocycles. The molecule has 0 bridgehead atoms. The van der Waals surface area contributed by atoms with E-state index in [0.717, 1.165) is 13.0 Å². The Morgan fingerprint density at radius 3 is 2.17 bits per heavy atom.